The average Bonchev–Trinajstić information content (AvgIpc) is 3.03. The van der Waals surface area contributed by atoms with Crippen LogP contribution in [0.5, 0.6) is 0 Å². The fourth-order valence-corrected chi connectivity index (χ4v) is 6.41. The van der Waals surface area contributed by atoms with Gasteiger partial charge in [-0.3, -0.25) is 4.79 Å². The predicted octanol–water partition coefficient (Wildman–Crippen LogP) is 7.34. The molecule has 45 heavy (non-hydrogen) atoms. The van der Waals surface area contributed by atoms with Crippen LogP contribution in [0.2, 0.25) is 0 Å². The molecule has 0 aromatic rings. The summed E-state index contributed by atoms with van der Waals surface area (Å²) in [4.78, 5) is 24.7. The summed E-state index contributed by atoms with van der Waals surface area (Å²) < 4.78 is 47.3. The summed E-state index contributed by atoms with van der Waals surface area (Å²) in [7, 11) is 1.52. The molecule has 0 amide bonds. The number of hydrogen-bond acceptors (Lipinski definition) is 10. The first kappa shape index (κ1) is 38.0. The maximum atomic E-state index is 12.9. The van der Waals surface area contributed by atoms with Crippen LogP contribution >= 0.6 is 0 Å². The second-order valence-corrected chi connectivity index (χ2v) is 13.7. The monoisotopic (exact) mass is 642 g/mol. The Morgan fingerprint density at radius 1 is 0.778 bits per heavy atom. The van der Waals surface area contributed by atoms with Crippen LogP contribution in [0.25, 0.3) is 0 Å². The molecule has 2 aliphatic heterocycles. The van der Waals surface area contributed by atoms with Crippen LogP contribution in [0.1, 0.15) is 125 Å². The third kappa shape index (κ3) is 13.3. The number of carbonyl (C=O) groups is 2. The Hall–Kier alpha value is -1.46. The third-order valence-corrected chi connectivity index (χ3v) is 9.12. The van der Waals surface area contributed by atoms with E-state index in [0.717, 1.165) is 44.9 Å². The molecule has 3 aliphatic rings. The lowest BCUT2D eigenvalue weighted by molar-refractivity contribution is -0.363. The molecule has 3 fully saturated rings. The number of unbranched alkanes of at least 4 members (excludes halogenated alkanes) is 8. The number of fused-ring (bicyclic) bond motifs is 1. The van der Waals surface area contributed by atoms with Crippen molar-refractivity contribution in [3.8, 4) is 0 Å². The van der Waals surface area contributed by atoms with E-state index in [1.807, 2.05) is 27.7 Å². The molecule has 3 rings (SSSR count). The number of carbonyl (C=O) groups excluding carboxylic acids is 2. The van der Waals surface area contributed by atoms with Gasteiger partial charge in [-0.15, -0.1) is 0 Å². The van der Waals surface area contributed by atoms with E-state index >= 15 is 0 Å². The van der Waals surface area contributed by atoms with Crippen molar-refractivity contribution >= 4 is 12.1 Å². The minimum absolute atomic E-state index is 0.117. The lowest BCUT2D eigenvalue weighted by atomic mass is 9.83. The third-order valence-electron chi connectivity index (χ3n) is 9.12. The van der Waals surface area contributed by atoms with Gasteiger partial charge in [-0.1, -0.05) is 72.1 Å². The molecule has 10 nitrogen and oxygen atoms in total. The van der Waals surface area contributed by atoms with Crippen molar-refractivity contribution in [1.82, 2.24) is 0 Å². The molecular weight excluding hydrogens is 580 g/mol. The van der Waals surface area contributed by atoms with Gasteiger partial charge in [0.2, 0.25) is 0 Å². The number of rotatable bonds is 19. The van der Waals surface area contributed by atoms with Crippen LogP contribution in [0.15, 0.2) is 0 Å². The molecule has 3 unspecified atom stereocenters. The minimum atomic E-state index is -0.857. The highest BCUT2D eigenvalue weighted by atomic mass is 16.8. The molecule has 0 radical (unpaired) electrons. The summed E-state index contributed by atoms with van der Waals surface area (Å²) in [6.07, 6.45) is 11.4. The zero-order valence-electron chi connectivity index (χ0n) is 28.9. The largest absolute Gasteiger partial charge is 0.508 e. The molecule has 10 heteroatoms. The molecule has 0 bridgehead atoms. The van der Waals surface area contributed by atoms with Gasteiger partial charge in [0.15, 0.2) is 18.7 Å². The first-order chi connectivity index (χ1) is 21.7. The van der Waals surface area contributed by atoms with Crippen molar-refractivity contribution in [3.63, 3.8) is 0 Å². The first-order valence-corrected chi connectivity index (χ1v) is 17.8. The smallest absolute Gasteiger partial charge is 0.465 e. The highest BCUT2D eigenvalue weighted by Gasteiger charge is 2.53. The lowest BCUT2D eigenvalue weighted by Gasteiger charge is -2.48. The first-order valence-electron chi connectivity index (χ1n) is 17.8. The van der Waals surface area contributed by atoms with Crippen LogP contribution in [0.4, 0.5) is 4.79 Å². The number of esters is 1. The normalized spacial score (nSPS) is 30.2. The van der Waals surface area contributed by atoms with E-state index in [1.165, 1.54) is 52.1 Å². The Kier molecular flexibility index (Phi) is 17.5. The summed E-state index contributed by atoms with van der Waals surface area (Å²) in [5, 5.41) is 0. The van der Waals surface area contributed by atoms with Crippen LogP contribution in [-0.4, -0.2) is 82.2 Å². The molecule has 2 heterocycles. The second-order valence-electron chi connectivity index (χ2n) is 13.7. The van der Waals surface area contributed by atoms with Gasteiger partial charge < -0.3 is 37.9 Å². The van der Waals surface area contributed by atoms with Crippen molar-refractivity contribution in [2.75, 3.05) is 26.9 Å². The predicted molar refractivity (Wildman–Crippen MR) is 170 cm³/mol. The van der Waals surface area contributed by atoms with E-state index in [4.69, 9.17) is 37.9 Å². The van der Waals surface area contributed by atoms with Gasteiger partial charge in [-0.25, -0.2) is 4.79 Å². The number of methoxy groups -OCH3 is 1. The van der Waals surface area contributed by atoms with Gasteiger partial charge in [0.1, 0.15) is 18.3 Å². The molecule has 0 N–H and O–H groups in total. The quantitative estimate of drug-likeness (QED) is 0.105. The second kappa shape index (κ2) is 20.7. The van der Waals surface area contributed by atoms with Gasteiger partial charge in [0, 0.05) is 7.11 Å². The maximum absolute atomic E-state index is 12.9. The van der Waals surface area contributed by atoms with Gasteiger partial charge in [-0.05, 0) is 64.2 Å². The fraction of sp³-hybridized carbons (Fsp3) is 0.943. The highest BCUT2D eigenvalue weighted by molar-refractivity contribution is 5.71. The maximum Gasteiger partial charge on any atom is 0.508 e. The lowest BCUT2D eigenvalue weighted by Crippen LogP contribution is -2.65. The molecule has 0 aromatic heterocycles. The van der Waals surface area contributed by atoms with Gasteiger partial charge in [-0.2, -0.15) is 0 Å². The van der Waals surface area contributed by atoms with Gasteiger partial charge >= 0.3 is 12.1 Å². The molecule has 262 valence electrons. The summed E-state index contributed by atoms with van der Waals surface area (Å²) in [5.41, 5.74) is 0. The zero-order valence-corrected chi connectivity index (χ0v) is 28.9. The van der Waals surface area contributed by atoms with E-state index in [9.17, 15) is 9.59 Å². The van der Waals surface area contributed by atoms with E-state index in [2.05, 4.69) is 6.92 Å². The SMILES string of the molecule is CCCCCCCCCCCC1OCC2O[C@H](OC)C(OC(=O)OCC3CCC(COC(=O)C(C)C)CC3)[C@@H](OC(C)C)[C@@H]2O1. The van der Waals surface area contributed by atoms with Crippen LogP contribution in [-0.2, 0) is 42.7 Å². The average molecular weight is 643 g/mol. The number of hydrogen-bond donors (Lipinski definition) is 0. The van der Waals surface area contributed by atoms with Gasteiger partial charge in [0.25, 0.3) is 0 Å². The molecule has 0 aromatic carbocycles. The van der Waals surface area contributed by atoms with E-state index in [0.29, 0.717) is 19.1 Å². The van der Waals surface area contributed by atoms with Crippen molar-refractivity contribution in [2.45, 2.75) is 168 Å². The minimum Gasteiger partial charge on any atom is -0.465 e. The topological polar surface area (TPSA) is 108 Å². The highest BCUT2D eigenvalue weighted by Crippen LogP contribution is 2.34. The molecule has 2 saturated heterocycles. The van der Waals surface area contributed by atoms with Crippen molar-refractivity contribution in [2.24, 2.45) is 17.8 Å². The zero-order chi connectivity index (χ0) is 32.6. The van der Waals surface area contributed by atoms with Crippen LogP contribution in [0.3, 0.4) is 0 Å². The summed E-state index contributed by atoms with van der Waals surface area (Å²) in [5.74, 6) is 0.315. The Morgan fingerprint density at radius 3 is 1.96 bits per heavy atom. The standard InChI is InChI=1S/C35H62O10/c1-7-8-9-10-11-12-13-14-15-16-29-39-23-28-30(44-29)31(42-25(4)5)32(34(38-6)43-28)45-35(37)41-22-27-19-17-26(18-20-27)21-40-33(36)24(2)3/h24-32,34H,7-23H2,1-6H3/t26?,27?,28?,29?,30-,31+,32?,34+/m1/s1. The Morgan fingerprint density at radius 2 is 1.38 bits per heavy atom. The van der Waals surface area contributed by atoms with E-state index in [-0.39, 0.29) is 36.8 Å². The molecule has 1 aliphatic carbocycles. The summed E-state index contributed by atoms with van der Waals surface area (Å²) >= 11 is 0. The van der Waals surface area contributed by atoms with Crippen molar-refractivity contribution < 1.29 is 47.5 Å². The molecule has 0 spiro atoms. The van der Waals surface area contributed by atoms with E-state index in [1.54, 1.807) is 0 Å². The fourth-order valence-electron chi connectivity index (χ4n) is 6.41. The summed E-state index contributed by atoms with van der Waals surface area (Å²) in [6.45, 7) is 10.9. The molecular formula is C35H62O10. The number of ether oxygens (including phenoxy) is 8. The van der Waals surface area contributed by atoms with Crippen molar-refractivity contribution in [3.05, 3.63) is 0 Å². The Labute approximate surface area is 271 Å². The Bertz CT molecular complexity index is 827. The van der Waals surface area contributed by atoms with Crippen LogP contribution in [0, 0.1) is 17.8 Å². The summed E-state index contributed by atoms with van der Waals surface area (Å²) in [6, 6.07) is 0. The Balaban J connectivity index is 1.45. The van der Waals surface area contributed by atoms with Gasteiger partial charge in [0.05, 0.1) is 31.8 Å². The molecule has 6 atom stereocenters. The van der Waals surface area contributed by atoms with E-state index < -0.39 is 36.9 Å². The molecule has 1 saturated carbocycles. The van der Waals surface area contributed by atoms with Crippen molar-refractivity contribution in [1.29, 1.82) is 0 Å². The van der Waals surface area contributed by atoms with Crippen LogP contribution < -0.4 is 0 Å².